The maximum Gasteiger partial charge on any atom is 0.120 e. The van der Waals surface area contributed by atoms with Crippen molar-refractivity contribution in [2.45, 2.75) is 25.9 Å². The Morgan fingerprint density at radius 2 is 2.17 bits per heavy atom. The molecule has 0 spiro atoms. The molecule has 0 aromatic heterocycles. The van der Waals surface area contributed by atoms with Crippen molar-refractivity contribution in [3.05, 3.63) is 27.3 Å². The van der Waals surface area contributed by atoms with Crippen LogP contribution in [0.4, 0.5) is 0 Å². The van der Waals surface area contributed by atoms with Crippen molar-refractivity contribution in [3.63, 3.8) is 0 Å². The second kappa shape index (κ2) is 3.24. The van der Waals surface area contributed by atoms with E-state index in [1.165, 1.54) is 22.0 Å². The summed E-state index contributed by atoms with van der Waals surface area (Å²) in [6.45, 7) is 2.11. The first kappa shape index (κ1) is 8.35. The molecule has 2 rings (SSSR count). The number of aryl methyl sites for hydroxylation is 1. The van der Waals surface area contributed by atoms with Gasteiger partial charge in [0.15, 0.2) is 0 Å². The summed E-state index contributed by atoms with van der Waals surface area (Å²) < 4.78 is 6.96. The Kier molecular flexibility index (Phi) is 2.26. The number of hydrogen-bond acceptors (Lipinski definition) is 1. The normalized spacial score (nSPS) is 16.2. The summed E-state index contributed by atoms with van der Waals surface area (Å²) in [4.78, 5) is 0. The summed E-state index contributed by atoms with van der Waals surface area (Å²) in [5, 5.41) is 0. The van der Waals surface area contributed by atoms with E-state index in [0.29, 0.717) is 6.10 Å². The Morgan fingerprint density at radius 3 is 2.75 bits per heavy atom. The molecule has 64 valence electrons. The number of halogens is 1. The summed E-state index contributed by atoms with van der Waals surface area (Å²) in [6, 6.07) is 6.26. The Hall–Kier alpha value is -0.250. The van der Waals surface area contributed by atoms with Crippen LogP contribution >= 0.6 is 22.6 Å². The van der Waals surface area contributed by atoms with Gasteiger partial charge in [0.1, 0.15) is 5.75 Å². The van der Waals surface area contributed by atoms with Gasteiger partial charge in [-0.3, -0.25) is 0 Å². The van der Waals surface area contributed by atoms with E-state index in [4.69, 9.17) is 4.74 Å². The third-order valence-corrected chi connectivity index (χ3v) is 3.17. The molecule has 12 heavy (non-hydrogen) atoms. The molecule has 1 aromatic carbocycles. The van der Waals surface area contributed by atoms with Crippen molar-refractivity contribution in [2.75, 3.05) is 0 Å². The minimum absolute atomic E-state index is 0.504. The summed E-state index contributed by atoms with van der Waals surface area (Å²) in [5.74, 6) is 1.02. The third-order valence-electron chi connectivity index (χ3n) is 1.96. The van der Waals surface area contributed by atoms with Crippen LogP contribution in [0, 0.1) is 10.5 Å². The molecule has 1 saturated carbocycles. The molecule has 0 heterocycles. The number of hydrogen-bond donors (Lipinski definition) is 0. The standard InChI is InChI=1S/C10H11IO/c1-7-6-9(4-5-10(7)11)12-8-2-3-8/h4-6,8H,2-3H2,1H3. The van der Waals surface area contributed by atoms with Crippen LogP contribution in [0.5, 0.6) is 5.75 Å². The average molecular weight is 274 g/mol. The minimum atomic E-state index is 0.504. The molecule has 0 N–H and O–H groups in total. The van der Waals surface area contributed by atoms with Crippen molar-refractivity contribution in [2.24, 2.45) is 0 Å². The molecule has 0 atom stereocenters. The summed E-state index contributed by atoms with van der Waals surface area (Å²) in [6.07, 6.45) is 2.96. The van der Waals surface area contributed by atoms with E-state index >= 15 is 0 Å². The van der Waals surface area contributed by atoms with Crippen molar-refractivity contribution in [1.29, 1.82) is 0 Å². The summed E-state index contributed by atoms with van der Waals surface area (Å²) in [7, 11) is 0. The fourth-order valence-electron chi connectivity index (χ4n) is 1.07. The smallest absolute Gasteiger partial charge is 0.120 e. The van der Waals surface area contributed by atoms with Gasteiger partial charge >= 0.3 is 0 Å². The van der Waals surface area contributed by atoms with Crippen LogP contribution < -0.4 is 4.74 Å². The predicted molar refractivity (Wildman–Crippen MR) is 57.5 cm³/mol. The minimum Gasteiger partial charge on any atom is -0.490 e. The highest BCUT2D eigenvalue weighted by Crippen LogP contribution is 2.28. The average Bonchev–Trinajstić information content (AvgIpc) is 2.81. The zero-order chi connectivity index (χ0) is 8.55. The van der Waals surface area contributed by atoms with E-state index in [-0.39, 0.29) is 0 Å². The second-order valence-electron chi connectivity index (χ2n) is 3.23. The fraction of sp³-hybridized carbons (Fsp3) is 0.400. The van der Waals surface area contributed by atoms with Crippen molar-refractivity contribution in [3.8, 4) is 5.75 Å². The van der Waals surface area contributed by atoms with E-state index in [2.05, 4.69) is 41.6 Å². The Balaban J connectivity index is 2.15. The van der Waals surface area contributed by atoms with Crippen LogP contribution in [0.1, 0.15) is 18.4 Å². The molecule has 1 fully saturated rings. The first-order valence-electron chi connectivity index (χ1n) is 4.18. The fourth-order valence-corrected chi connectivity index (χ4v) is 1.40. The van der Waals surface area contributed by atoms with Crippen LogP contribution in [0.3, 0.4) is 0 Å². The van der Waals surface area contributed by atoms with Crippen molar-refractivity contribution in [1.82, 2.24) is 0 Å². The van der Waals surface area contributed by atoms with Gasteiger partial charge in [0.05, 0.1) is 6.10 Å². The lowest BCUT2D eigenvalue weighted by Crippen LogP contribution is -1.96. The molecular formula is C10H11IO. The summed E-state index contributed by atoms with van der Waals surface area (Å²) in [5.41, 5.74) is 1.30. The molecule has 2 heteroatoms. The Bertz CT molecular complexity index is 292. The highest BCUT2D eigenvalue weighted by molar-refractivity contribution is 14.1. The predicted octanol–water partition coefficient (Wildman–Crippen LogP) is 3.14. The second-order valence-corrected chi connectivity index (χ2v) is 4.39. The molecule has 1 aliphatic rings. The van der Waals surface area contributed by atoms with Crippen LogP contribution in [0.2, 0.25) is 0 Å². The van der Waals surface area contributed by atoms with E-state index < -0.39 is 0 Å². The summed E-state index contributed by atoms with van der Waals surface area (Å²) >= 11 is 2.33. The molecule has 0 saturated heterocycles. The van der Waals surface area contributed by atoms with Crippen LogP contribution in [-0.2, 0) is 0 Å². The molecular weight excluding hydrogens is 263 g/mol. The lowest BCUT2D eigenvalue weighted by atomic mass is 10.2. The van der Waals surface area contributed by atoms with E-state index in [9.17, 15) is 0 Å². The highest BCUT2D eigenvalue weighted by Gasteiger charge is 2.23. The monoisotopic (exact) mass is 274 g/mol. The van der Waals surface area contributed by atoms with Gasteiger partial charge in [-0.15, -0.1) is 0 Å². The molecule has 0 bridgehead atoms. The quantitative estimate of drug-likeness (QED) is 0.753. The molecule has 1 aromatic rings. The van der Waals surface area contributed by atoms with E-state index in [1.807, 2.05) is 6.07 Å². The molecule has 0 aliphatic heterocycles. The van der Waals surface area contributed by atoms with Gasteiger partial charge in [-0.2, -0.15) is 0 Å². The Morgan fingerprint density at radius 1 is 1.42 bits per heavy atom. The Labute approximate surface area is 86.3 Å². The third kappa shape index (κ3) is 1.91. The molecule has 1 nitrogen and oxygen atoms in total. The van der Waals surface area contributed by atoms with E-state index in [0.717, 1.165) is 5.75 Å². The van der Waals surface area contributed by atoms with Gasteiger partial charge in [-0.05, 0) is 66.1 Å². The number of benzene rings is 1. The van der Waals surface area contributed by atoms with Gasteiger partial charge in [0.2, 0.25) is 0 Å². The van der Waals surface area contributed by atoms with Gasteiger partial charge in [0.25, 0.3) is 0 Å². The zero-order valence-corrected chi connectivity index (χ0v) is 9.17. The SMILES string of the molecule is Cc1cc(OC2CC2)ccc1I. The zero-order valence-electron chi connectivity index (χ0n) is 7.01. The van der Waals surface area contributed by atoms with Crippen molar-refractivity contribution < 1.29 is 4.74 Å². The van der Waals surface area contributed by atoms with Crippen LogP contribution in [0.25, 0.3) is 0 Å². The van der Waals surface area contributed by atoms with Gasteiger partial charge in [-0.1, -0.05) is 0 Å². The first-order chi connectivity index (χ1) is 5.75. The first-order valence-corrected chi connectivity index (χ1v) is 5.26. The lowest BCUT2D eigenvalue weighted by Gasteiger charge is -2.05. The molecule has 0 amide bonds. The lowest BCUT2D eigenvalue weighted by molar-refractivity contribution is 0.303. The maximum absolute atomic E-state index is 5.66. The molecule has 0 radical (unpaired) electrons. The van der Waals surface area contributed by atoms with Gasteiger partial charge in [0, 0.05) is 3.57 Å². The van der Waals surface area contributed by atoms with Gasteiger partial charge in [-0.25, -0.2) is 0 Å². The highest BCUT2D eigenvalue weighted by atomic mass is 127. The number of ether oxygens (including phenoxy) is 1. The van der Waals surface area contributed by atoms with Crippen molar-refractivity contribution >= 4 is 22.6 Å². The van der Waals surface area contributed by atoms with Gasteiger partial charge < -0.3 is 4.74 Å². The molecule has 1 aliphatic carbocycles. The van der Waals surface area contributed by atoms with Crippen LogP contribution in [0.15, 0.2) is 18.2 Å². The molecule has 0 unspecified atom stereocenters. The van der Waals surface area contributed by atoms with E-state index in [1.54, 1.807) is 0 Å². The number of rotatable bonds is 2. The topological polar surface area (TPSA) is 9.23 Å². The maximum atomic E-state index is 5.66. The largest absolute Gasteiger partial charge is 0.490 e. The van der Waals surface area contributed by atoms with Crippen LogP contribution in [-0.4, -0.2) is 6.10 Å².